The summed E-state index contributed by atoms with van der Waals surface area (Å²) in [5.41, 5.74) is 1.48. The molecule has 2 N–H and O–H groups in total. The third-order valence-corrected chi connectivity index (χ3v) is 4.36. The molecule has 1 atom stereocenters. The van der Waals surface area contributed by atoms with E-state index >= 15 is 0 Å². The van der Waals surface area contributed by atoms with Crippen LogP contribution in [0.2, 0.25) is 0 Å². The van der Waals surface area contributed by atoms with Crippen LogP contribution in [0, 0.1) is 5.92 Å². The molecule has 2 aliphatic rings. The average Bonchev–Trinajstić information content (AvgIpc) is 2.58. The lowest BCUT2D eigenvalue weighted by Gasteiger charge is -2.34. The van der Waals surface area contributed by atoms with Gasteiger partial charge in [0.05, 0.1) is 25.9 Å². The Hall–Kier alpha value is -1.11. The van der Waals surface area contributed by atoms with Crippen LogP contribution in [0.15, 0.2) is 16.6 Å². The lowest BCUT2D eigenvalue weighted by molar-refractivity contribution is -0.0284. The molecule has 0 aromatic rings. The van der Waals surface area contributed by atoms with E-state index in [1.54, 1.807) is 0 Å². The maximum atomic E-state index is 5.87. The van der Waals surface area contributed by atoms with Gasteiger partial charge in [-0.15, -0.1) is 0 Å². The van der Waals surface area contributed by atoms with E-state index in [-0.39, 0.29) is 6.10 Å². The highest BCUT2D eigenvalue weighted by Crippen LogP contribution is 2.10. The summed E-state index contributed by atoms with van der Waals surface area (Å²) in [5.74, 6) is 1.55. The Bertz CT molecular complexity index is 423. The fourth-order valence-electron chi connectivity index (χ4n) is 3.15. The van der Waals surface area contributed by atoms with Gasteiger partial charge >= 0.3 is 0 Å². The topological polar surface area (TPSA) is 58.1 Å². The van der Waals surface area contributed by atoms with Gasteiger partial charge in [0, 0.05) is 39.8 Å². The highest BCUT2D eigenvalue weighted by Gasteiger charge is 2.21. The first-order valence-corrected chi connectivity index (χ1v) is 9.21. The van der Waals surface area contributed by atoms with Crippen molar-refractivity contribution >= 4 is 5.96 Å². The van der Waals surface area contributed by atoms with Crippen molar-refractivity contribution in [1.82, 2.24) is 15.5 Å². The number of hydrogen-bond acceptors (Lipinski definition) is 4. The van der Waals surface area contributed by atoms with Gasteiger partial charge in [-0.1, -0.05) is 25.5 Å². The lowest BCUT2D eigenvalue weighted by atomic mass is 10.1. The zero-order valence-corrected chi connectivity index (χ0v) is 15.5. The van der Waals surface area contributed by atoms with Crippen LogP contribution in [0.5, 0.6) is 0 Å². The monoisotopic (exact) mass is 338 g/mol. The number of nitrogens with one attached hydrogen (secondary N) is 2. The Labute approximate surface area is 146 Å². The number of hydrogen-bond donors (Lipinski definition) is 2. The molecule has 1 fully saturated rings. The highest BCUT2D eigenvalue weighted by atomic mass is 16.5. The first kappa shape index (κ1) is 19.2. The number of morpholine rings is 1. The Morgan fingerprint density at radius 3 is 2.96 bits per heavy atom. The number of ether oxygens (including phenoxy) is 2. The Morgan fingerprint density at radius 1 is 1.38 bits per heavy atom. The van der Waals surface area contributed by atoms with Gasteiger partial charge in [0.1, 0.15) is 0 Å². The van der Waals surface area contributed by atoms with Crippen LogP contribution in [-0.4, -0.2) is 76.6 Å². The second kappa shape index (κ2) is 10.7. The van der Waals surface area contributed by atoms with Gasteiger partial charge in [-0.05, 0) is 18.8 Å². The van der Waals surface area contributed by atoms with Crippen molar-refractivity contribution < 1.29 is 9.47 Å². The van der Waals surface area contributed by atoms with Gasteiger partial charge in [-0.25, -0.2) is 0 Å². The quantitative estimate of drug-likeness (QED) is 0.416. The van der Waals surface area contributed by atoms with Crippen LogP contribution in [-0.2, 0) is 9.47 Å². The van der Waals surface area contributed by atoms with Crippen LogP contribution < -0.4 is 10.6 Å². The summed E-state index contributed by atoms with van der Waals surface area (Å²) in [6, 6.07) is 0. The van der Waals surface area contributed by atoms with Gasteiger partial charge in [0.25, 0.3) is 0 Å². The van der Waals surface area contributed by atoms with Crippen molar-refractivity contribution in [2.45, 2.75) is 32.8 Å². The summed E-state index contributed by atoms with van der Waals surface area (Å²) >= 11 is 0. The Kier molecular flexibility index (Phi) is 8.56. The molecule has 2 heterocycles. The van der Waals surface area contributed by atoms with E-state index in [4.69, 9.17) is 9.47 Å². The molecule has 0 aromatic carbocycles. The molecule has 1 unspecified atom stereocenters. The maximum absolute atomic E-state index is 5.87. The molecule has 2 aliphatic heterocycles. The van der Waals surface area contributed by atoms with Crippen molar-refractivity contribution in [3.63, 3.8) is 0 Å². The molecule has 6 heteroatoms. The summed E-state index contributed by atoms with van der Waals surface area (Å²) in [6.45, 7) is 11.8. The lowest BCUT2D eigenvalue weighted by Crippen LogP contribution is -2.50. The molecular weight excluding hydrogens is 304 g/mol. The SMILES string of the molecule is CN=C(NCCC1=CCOCC1)NCC1CN(CC(C)C)CCO1. The zero-order chi connectivity index (χ0) is 17.2. The summed E-state index contributed by atoms with van der Waals surface area (Å²) in [7, 11) is 1.82. The summed E-state index contributed by atoms with van der Waals surface area (Å²) in [5, 5.41) is 6.78. The molecule has 1 saturated heterocycles. The maximum Gasteiger partial charge on any atom is 0.191 e. The average molecular weight is 338 g/mol. The van der Waals surface area contributed by atoms with Gasteiger partial charge in [-0.3, -0.25) is 9.89 Å². The molecule has 0 radical (unpaired) electrons. The minimum Gasteiger partial charge on any atom is -0.377 e. The van der Waals surface area contributed by atoms with E-state index < -0.39 is 0 Å². The van der Waals surface area contributed by atoms with Gasteiger partial charge in [-0.2, -0.15) is 0 Å². The summed E-state index contributed by atoms with van der Waals surface area (Å²) in [4.78, 5) is 6.80. The molecule has 2 rings (SSSR count). The number of aliphatic imine (C=N–C) groups is 1. The van der Waals surface area contributed by atoms with Crippen molar-refractivity contribution in [2.75, 3.05) is 59.6 Å². The van der Waals surface area contributed by atoms with E-state index in [1.165, 1.54) is 5.57 Å². The zero-order valence-electron chi connectivity index (χ0n) is 15.5. The van der Waals surface area contributed by atoms with Crippen LogP contribution in [0.3, 0.4) is 0 Å². The van der Waals surface area contributed by atoms with E-state index in [2.05, 4.69) is 40.4 Å². The highest BCUT2D eigenvalue weighted by molar-refractivity contribution is 5.79. The van der Waals surface area contributed by atoms with E-state index in [9.17, 15) is 0 Å². The van der Waals surface area contributed by atoms with Gasteiger partial charge in [0.2, 0.25) is 0 Å². The second-order valence-electron chi connectivity index (χ2n) is 6.96. The molecule has 0 bridgehead atoms. The summed E-state index contributed by atoms with van der Waals surface area (Å²) < 4.78 is 11.2. The van der Waals surface area contributed by atoms with E-state index in [1.807, 2.05) is 7.05 Å². The molecule has 0 saturated carbocycles. The Morgan fingerprint density at radius 2 is 2.25 bits per heavy atom. The molecular formula is C18H34N4O2. The van der Waals surface area contributed by atoms with E-state index in [0.717, 1.165) is 71.3 Å². The van der Waals surface area contributed by atoms with Crippen LogP contribution in [0.4, 0.5) is 0 Å². The van der Waals surface area contributed by atoms with Gasteiger partial charge in [0.15, 0.2) is 5.96 Å². The molecule has 0 amide bonds. The molecule has 6 nitrogen and oxygen atoms in total. The molecule has 0 spiro atoms. The fourth-order valence-corrected chi connectivity index (χ4v) is 3.15. The number of rotatable bonds is 7. The van der Waals surface area contributed by atoms with Crippen molar-refractivity contribution in [1.29, 1.82) is 0 Å². The number of nitrogens with zero attached hydrogens (tertiary/aromatic N) is 2. The van der Waals surface area contributed by atoms with Crippen molar-refractivity contribution in [3.05, 3.63) is 11.6 Å². The number of guanidine groups is 1. The minimum absolute atomic E-state index is 0.231. The third-order valence-electron chi connectivity index (χ3n) is 4.36. The fraction of sp³-hybridized carbons (Fsp3) is 0.833. The third kappa shape index (κ3) is 7.20. The predicted octanol–water partition coefficient (Wildman–Crippen LogP) is 1.25. The van der Waals surface area contributed by atoms with E-state index in [0.29, 0.717) is 5.92 Å². The summed E-state index contributed by atoms with van der Waals surface area (Å²) in [6.07, 6.45) is 4.52. The molecule has 24 heavy (non-hydrogen) atoms. The van der Waals surface area contributed by atoms with Gasteiger partial charge < -0.3 is 20.1 Å². The van der Waals surface area contributed by atoms with Crippen LogP contribution >= 0.6 is 0 Å². The minimum atomic E-state index is 0.231. The Balaban J connectivity index is 1.64. The van der Waals surface area contributed by atoms with Crippen molar-refractivity contribution in [2.24, 2.45) is 10.9 Å². The second-order valence-corrected chi connectivity index (χ2v) is 6.96. The standard InChI is InChI=1S/C18H34N4O2/c1-15(2)13-22-8-11-24-17(14-22)12-21-18(19-3)20-7-4-16-5-9-23-10-6-16/h5,15,17H,4,6-14H2,1-3H3,(H2,19,20,21). The molecule has 0 aliphatic carbocycles. The van der Waals surface area contributed by atoms with Crippen LogP contribution in [0.1, 0.15) is 26.7 Å². The smallest absolute Gasteiger partial charge is 0.191 e. The molecule has 138 valence electrons. The predicted molar refractivity (Wildman–Crippen MR) is 98.5 cm³/mol. The van der Waals surface area contributed by atoms with Crippen molar-refractivity contribution in [3.8, 4) is 0 Å². The largest absolute Gasteiger partial charge is 0.377 e. The molecule has 0 aromatic heterocycles. The first-order chi connectivity index (χ1) is 11.7. The first-order valence-electron chi connectivity index (χ1n) is 9.21. The normalized spacial score (nSPS) is 23.2. The van der Waals surface area contributed by atoms with Crippen LogP contribution in [0.25, 0.3) is 0 Å².